The molecule has 0 bridgehead atoms. The second kappa shape index (κ2) is 6.11. The van der Waals surface area contributed by atoms with Gasteiger partial charge in [-0.05, 0) is 47.1 Å². The Morgan fingerprint density at radius 2 is 1.74 bits per heavy atom. The number of fused-ring (bicyclic) bond motifs is 1. The van der Waals surface area contributed by atoms with Gasteiger partial charge in [0.05, 0.1) is 10.9 Å². The molecule has 120 valence electrons. The molecule has 3 rings (SSSR count). The van der Waals surface area contributed by atoms with Crippen molar-refractivity contribution >= 4 is 36.9 Å². The van der Waals surface area contributed by atoms with Crippen LogP contribution in [0.2, 0.25) is 0 Å². The maximum Gasteiger partial charge on any atom is 0.244 e. The van der Waals surface area contributed by atoms with Crippen molar-refractivity contribution in [3.05, 3.63) is 64.8 Å². The Kier molecular flexibility index (Phi) is 4.31. The van der Waals surface area contributed by atoms with Gasteiger partial charge in [0.1, 0.15) is 11.3 Å². The molecule has 0 saturated carbocycles. The molecule has 2 aromatic carbocycles. The van der Waals surface area contributed by atoms with Gasteiger partial charge in [0.2, 0.25) is 10.0 Å². The summed E-state index contributed by atoms with van der Waals surface area (Å²) < 4.78 is 33.3. The third-order valence-electron chi connectivity index (χ3n) is 3.90. The average molecular weight is 394 g/mol. The predicted octanol–water partition coefficient (Wildman–Crippen LogP) is 4.58. The Morgan fingerprint density at radius 3 is 2.43 bits per heavy atom. The Morgan fingerprint density at radius 1 is 1.09 bits per heavy atom. The highest BCUT2D eigenvalue weighted by Crippen LogP contribution is 2.32. The molecule has 6 heteroatoms. The number of nitrogens with zero attached hydrogens (tertiary/aromatic N) is 1. The summed E-state index contributed by atoms with van der Waals surface area (Å²) in [4.78, 5) is 0.241. The Labute approximate surface area is 143 Å². The van der Waals surface area contributed by atoms with E-state index < -0.39 is 16.1 Å². The van der Waals surface area contributed by atoms with Crippen LogP contribution in [-0.2, 0) is 10.0 Å². The summed E-state index contributed by atoms with van der Waals surface area (Å²) in [5.74, 6) is 0.615. The summed E-state index contributed by atoms with van der Waals surface area (Å²) in [5.41, 5.74) is 0.751. The van der Waals surface area contributed by atoms with Gasteiger partial charge in [0.25, 0.3) is 0 Å². The highest BCUT2D eigenvalue weighted by molar-refractivity contribution is 9.10. The molecule has 23 heavy (non-hydrogen) atoms. The zero-order valence-electron chi connectivity index (χ0n) is 12.7. The van der Waals surface area contributed by atoms with Crippen LogP contribution in [0.25, 0.3) is 11.0 Å². The van der Waals surface area contributed by atoms with E-state index >= 15 is 0 Å². The van der Waals surface area contributed by atoms with Crippen molar-refractivity contribution in [2.45, 2.75) is 17.9 Å². The number of para-hydroxylation sites is 1. The zero-order valence-corrected chi connectivity index (χ0v) is 15.1. The van der Waals surface area contributed by atoms with Crippen molar-refractivity contribution in [3.8, 4) is 0 Å². The van der Waals surface area contributed by atoms with E-state index in [0.29, 0.717) is 10.2 Å². The van der Waals surface area contributed by atoms with Crippen LogP contribution in [-0.4, -0.2) is 19.8 Å². The van der Waals surface area contributed by atoms with Gasteiger partial charge >= 0.3 is 0 Å². The normalized spacial score (nSPS) is 13.6. The van der Waals surface area contributed by atoms with Gasteiger partial charge in [-0.25, -0.2) is 8.42 Å². The Bertz CT molecular complexity index is 916. The third-order valence-corrected chi connectivity index (χ3v) is 6.84. The molecular formula is C17H16BrNO3S. The topological polar surface area (TPSA) is 50.5 Å². The summed E-state index contributed by atoms with van der Waals surface area (Å²) in [7, 11) is -2.07. The van der Waals surface area contributed by atoms with E-state index in [1.54, 1.807) is 31.3 Å². The fourth-order valence-electron chi connectivity index (χ4n) is 2.40. The van der Waals surface area contributed by atoms with E-state index in [0.717, 1.165) is 11.0 Å². The smallest absolute Gasteiger partial charge is 0.244 e. The molecule has 0 N–H and O–H groups in total. The first-order chi connectivity index (χ1) is 10.9. The highest BCUT2D eigenvalue weighted by Gasteiger charge is 2.29. The van der Waals surface area contributed by atoms with E-state index in [2.05, 4.69) is 15.9 Å². The number of hydrogen-bond acceptors (Lipinski definition) is 3. The molecule has 4 nitrogen and oxygen atoms in total. The molecule has 0 spiro atoms. The maximum atomic E-state index is 12.8. The predicted molar refractivity (Wildman–Crippen MR) is 93.7 cm³/mol. The van der Waals surface area contributed by atoms with E-state index in [1.807, 2.05) is 37.3 Å². The van der Waals surface area contributed by atoms with Gasteiger partial charge in [0, 0.05) is 16.9 Å². The lowest BCUT2D eigenvalue weighted by atomic mass is 10.2. The molecule has 0 amide bonds. The van der Waals surface area contributed by atoms with Gasteiger partial charge < -0.3 is 4.42 Å². The lowest BCUT2D eigenvalue weighted by Gasteiger charge is -2.23. The lowest BCUT2D eigenvalue weighted by molar-refractivity contribution is 0.348. The molecule has 0 aliphatic carbocycles. The largest absolute Gasteiger partial charge is 0.459 e. The summed E-state index contributed by atoms with van der Waals surface area (Å²) in [5, 5.41) is 0.959. The van der Waals surface area contributed by atoms with Crippen LogP contribution < -0.4 is 0 Å². The Hall–Kier alpha value is -1.63. The number of halogens is 1. The van der Waals surface area contributed by atoms with E-state index in [-0.39, 0.29) is 4.90 Å². The first kappa shape index (κ1) is 16.2. The summed E-state index contributed by atoms with van der Waals surface area (Å²) in [6, 6.07) is 15.9. The molecule has 1 heterocycles. The van der Waals surface area contributed by atoms with Crippen molar-refractivity contribution in [1.82, 2.24) is 4.31 Å². The molecule has 0 radical (unpaired) electrons. The Balaban J connectivity index is 1.98. The van der Waals surface area contributed by atoms with E-state index in [4.69, 9.17) is 4.42 Å². The van der Waals surface area contributed by atoms with Gasteiger partial charge in [-0.1, -0.05) is 30.3 Å². The third kappa shape index (κ3) is 2.94. The molecule has 0 saturated heterocycles. The molecular weight excluding hydrogens is 378 g/mol. The SMILES string of the molecule is C[C@@H](c1cc2ccccc2o1)N(C)S(=O)(=O)c1ccccc1Br. The minimum Gasteiger partial charge on any atom is -0.459 e. The van der Waals surface area contributed by atoms with Crippen LogP contribution in [0.15, 0.2) is 68.4 Å². The number of hydrogen-bond donors (Lipinski definition) is 0. The highest BCUT2D eigenvalue weighted by atomic mass is 79.9. The van der Waals surface area contributed by atoms with Crippen LogP contribution in [0.4, 0.5) is 0 Å². The average Bonchev–Trinajstić information content (AvgIpc) is 2.97. The minimum atomic E-state index is -3.63. The molecule has 0 aliphatic heterocycles. The first-order valence-corrected chi connectivity index (χ1v) is 9.35. The molecule has 0 aliphatic rings. The first-order valence-electron chi connectivity index (χ1n) is 7.12. The second-order valence-corrected chi connectivity index (χ2v) is 8.13. The molecule has 1 atom stereocenters. The quantitative estimate of drug-likeness (QED) is 0.651. The second-order valence-electron chi connectivity index (χ2n) is 5.31. The van der Waals surface area contributed by atoms with Gasteiger partial charge in [0.15, 0.2) is 0 Å². The summed E-state index contributed by atoms with van der Waals surface area (Å²) >= 11 is 3.30. The maximum absolute atomic E-state index is 12.8. The molecule has 3 aromatic rings. The number of benzene rings is 2. The zero-order chi connectivity index (χ0) is 16.6. The molecule has 0 unspecified atom stereocenters. The van der Waals surface area contributed by atoms with Crippen molar-refractivity contribution in [2.24, 2.45) is 0 Å². The minimum absolute atomic E-state index is 0.241. The lowest BCUT2D eigenvalue weighted by Crippen LogP contribution is -2.29. The molecule has 1 aromatic heterocycles. The van der Waals surface area contributed by atoms with Gasteiger partial charge in [-0.15, -0.1) is 0 Å². The number of sulfonamides is 1. The fourth-order valence-corrected chi connectivity index (χ4v) is 4.70. The van der Waals surface area contributed by atoms with Crippen LogP contribution in [0.1, 0.15) is 18.7 Å². The van der Waals surface area contributed by atoms with Crippen LogP contribution in [0.3, 0.4) is 0 Å². The summed E-state index contributed by atoms with van der Waals surface area (Å²) in [6.45, 7) is 1.81. The van der Waals surface area contributed by atoms with E-state index in [1.165, 1.54) is 4.31 Å². The van der Waals surface area contributed by atoms with Crippen LogP contribution in [0, 0.1) is 0 Å². The van der Waals surface area contributed by atoms with Crippen molar-refractivity contribution in [3.63, 3.8) is 0 Å². The summed E-state index contributed by atoms with van der Waals surface area (Å²) in [6.07, 6.45) is 0. The van der Waals surface area contributed by atoms with Crippen LogP contribution >= 0.6 is 15.9 Å². The van der Waals surface area contributed by atoms with Gasteiger partial charge in [-0.2, -0.15) is 4.31 Å². The monoisotopic (exact) mass is 393 g/mol. The number of rotatable bonds is 4. The van der Waals surface area contributed by atoms with Crippen molar-refractivity contribution in [2.75, 3.05) is 7.05 Å². The van der Waals surface area contributed by atoms with Crippen molar-refractivity contribution in [1.29, 1.82) is 0 Å². The standard InChI is InChI=1S/C17H16BrNO3S/c1-12(16-11-13-7-3-5-9-15(13)22-16)19(2)23(20,21)17-10-6-4-8-14(17)18/h3-12H,1-2H3/t12-/m0/s1. The fraction of sp³-hybridized carbons (Fsp3) is 0.176. The van der Waals surface area contributed by atoms with E-state index in [9.17, 15) is 8.42 Å². The van der Waals surface area contributed by atoms with Crippen molar-refractivity contribution < 1.29 is 12.8 Å². The van der Waals surface area contributed by atoms with Gasteiger partial charge in [-0.3, -0.25) is 0 Å². The number of furan rings is 1. The molecule has 0 fully saturated rings. The van der Waals surface area contributed by atoms with Crippen LogP contribution in [0.5, 0.6) is 0 Å².